The Balaban J connectivity index is 4.05. The molecule has 0 aromatic heterocycles. The lowest BCUT2D eigenvalue weighted by Gasteiger charge is -2.34. The van der Waals surface area contributed by atoms with E-state index in [1.54, 1.807) is 0 Å². The highest BCUT2D eigenvalue weighted by Gasteiger charge is 2.22. The van der Waals surface area contributed by atoms with Crippen molar-refractivity contribution in [2.24, 2.45) is 5.92 Å². The van der Waals surface area contributed by atoms with Gasteiger partial charge in [-0.2, -0.15) is 0 Å². The van der Waals surface area contributed by atoms with Crippen molar-refractivity contribution in [2.45, 2.75) is 53.1 Å². The van der Waals surface area contributed by atoms with Crippen molar-refractivity contribution in [1.29, 1.82) is 0 Å². The molecule has 80 valence electrons. The molecule has 0 fully saturated rings. The smallest absolute Gasteiger partial charge is 0.0660 e. The molecule has 0 spiro atoms. The van der Waals surface area contributed by atoms with Crippen LogP contribution >= 0.6 is 0 Å². The Morgan fingerprint density at radius 2 is 1.54 bits per heavy atom. The van der Waals surface area contributed by atoms with Crippen molar-refractivity contribution in [3.05, 3.63) is 0 Å². The Bertz CT molecular complexity index is 117. The summed E-state index contributed by atoms with van der Waals surface area (Å²) in [5.74, 6) is 0.781. The van der Waals surface area contributed by atoms with Crippen LogP contribution in [0.3, 0.4) is 0 Å². The van der Waals surface area contributed by atoms with E-state index in [0.717, 1.165) is 19.0 Å². The van der Waals surface area contributed by atoms with E-state index < -0.39 is 0 Å². The van der Waals surface area contributed by atoms with Crippen LogP contribution in [0.25, 0.3) is 0 Å². The largest absolute Gasteiger partial charge is 0.300 e. The third kappa shape index (κ3) is 5.27. The molecule has 1 atom stereocenters. The molecule has 0 saturated carbocycles. The first-order valence-electron chi connectivity index (χ1n) is 5.58. The third-order valence-electron chi connectivity index (χ3n) is 2.59. The van der Waals surface area contributed by atoms with Crippen LogP contribution < -0.4 is 10.6 Å². The summed E-state index contributed by atoms with van der Waals surface area (Å²) >= 11 is 0. The van der Waals surface area contributed by atoms with Crippen LogP contribution in [0.1, 0.15) is 47.5 Å². The molecule has 0 heterocycles. The highest BCUT2D eigenvalue weighted by molar-refractivity contribution is 4.80. The molecule has 2 nitrogen and oxygen atoms in total. The molecule has 0 aliphatic rings. The lowest BCUT2D eigenvalue weighted by Crippen LogP contribution is -2.55. The second kappa shape index (κ2) is 6.39. The third-order valence-corrected chi connectivity index (χ3v) is 2.59. The van der Waals surface area contributed by atoms with Gasteiger partial charge in [0.05, 0.1) is 5.66 Å². The molecule has 0 aromatic carbocycles. The number of hydrogen-bond acceptors (Lipinski definition) is 2. The lowest BCUT2D eigenvalue weighted by atomic mass is 9.95. The Kier molecular flexibility index (Phi) is 6.35. The van der Waals surface area contributed by atoms with Gasteiger partial charge in [0.15, 0.2) is 0 Å². The standard InChI is InChI=1S/C11H26N2/c1-6-10(4)9-11(5,12-7-2)13-8-3/h10,12-13H,6-9H2,1-5H3. The average molecular weight is 186 g/mol. The molecule has 0 bridgehead atoms. The fourth-order valence-electron chi connectivity index (χ4n) is 1.83. The summed E-state index contributed by atoms with van der Waals surface area (Å²) < 4.78 is 0. The lowest BCUT2D eigenvalue weighted by molar-refractivity contribution is 0.233. The van der Waals surface area contributed by atoms with E-state index in [4.69, 9.17) is 0 Å². The quantitative estimate of drug-likeness (QED) is 0.596. The summed E-state index contributed by atoms with van der Waals surface area (Å²) in [6.07, 6.45) is 2.46. The minimum absolute atomic E-state index is 0.124. The number of rotatable bonds is 7. The second-order valence-corrected chi connectivity index (χ2v) is 4.11. The topological polar surface area (TPSA) is 24.1 Å². The van der Waals surface area contributed by atoms with Crippen molar-refractivity contribution >= 4 is 0 Å². The Labute approximate surface area is 83.5 Å². The van der Waals surface area contributed by atoms with Crippen LogP contribution in [-0.2, 0) is 0 Å². The summed E-state index contributed by atoms with van der Waals surface area (Å²) in [5.41, 5.74) is 0.124. The van der Waals surface area contributed by atoms with Gasteiger partial charge in [0.25, 0.3) is 0 Å². The van der Waals surface area contributed by atoms with Gasteiger partial charge < -0.3 is 0 Å². The van der Waals surface area contributed by atoms with E-state index in [-0.39, 0.29) is 5.66 Å². The number of nitrogens with one attached hydrogen (secondary N) is 2. The van der Waals surface area contributed by atoms with Crippen LogP contribution in [-0.4, -0.2) is 18.8 Å². The normalized spacial score (nSPS) is 14.5. The van der Waals surface area contributed by atoms with E-state index >= 15 is 0 Å². The monoisotopic (exact) mass is 186 g/mol. The summed E-state index contributed by atoms with van der Waals surface area (Å²) in [7, 11) is 0. The van der Waals surface area contributed by atoms with Crippen molar-refractivity contribution in [3.8, 4) is 0 Å². The molecule has 2 N–H and O–H groups in total. The second-order valence-electron chi connectivity index (χ2n) is 4.11. The fraction of sp³-hybridized carbons (Fsp3) is 1.00. The van der Waals surface area contributed by atoms with Crippen LogP contribution in [0.5, 0.6) is 0 Å². The maximum absolute atomic E-state index is 3.51. The van der Waals surface area contributed by atoms with Crippen molar-refractivity contribution in [3.63, 3.8) is 0 Å². The van der Waals surface area contributed by atoms with Crippen LogP contribution in [0, 0.1) is 5.92 Å². The van der Waals surface area contributed by atoms with Crippen LogP contribution in [0.2, 0.25) is 0 Å². The highest BCUT2D eigenvalue weighted by Crippen LogP contribution is 2.16. The first-order chi connectivity index (χ1) is 6.08. The number of hydrogen-bond donors (Lipinski definition) is 2. The first kappa shape index (κ1) is 12.9. The van der Waals surface area contributed by atoms with Gasteiger partial charge >= 0.3 is 0 Å². The fourth-order valence-corrected chi connectivity index (χ4v) is 1.83. The maximum Gasteiger partial charge on any atom is 0.0660 e. The van der Waals surface area contributed by atoms with Gasteiger partial charge in [-0.1, -0.05) is 34.1 Å². The molecular formula is C11H26N2. The first-order valence-corrected chi connectivity index (χ1v) is 5.58. The van der Waals surface area contributed by atoms with Gasteiger partial charge in [-0.05, 0) is 32.4 Å². The molecule has 0 amide bonds. The predicted molar refractivity (Wildman–Crippen MR) is 59.8 cm³/mol. The molecular weight excluding hydrogens is 160 g/mol. The summed E-state index contributed by atoms with van der Waals surface area (Å²) in [6.45, 7) is 13.2. The van der Waals surface area contributed by atoms with E-state index in [2.05, 4.69) is 45.3 Å². The van der Waals surface area contributed by atoms with E-state index in [1.807, 2.05) is 0 Å². The predicted octanol–water partition coefficient (Wildman–Crippen LogP) is 2.36. The molecule has 0 radical (unpaired) electrons. The van der Waals surface area contributed by atoms with Gasteiger partial charge in [0.1, 0.15) is 0 Å². The Morgan fingerprint density at radius 3 is 1.85 bits per heavy atom. The van der Waals surface area contributed by atoms with Gasteiger partial charge in [-0.15, -0.1) is 0 Å². The van der Waals surface area contributed by atoms with Crippen molar-refractivity contribution < 1.29 is 0 Å². The zero-order valence-electron chi connectivity index (χ0n) is 9.91. The SMILES string of the molecule is CCNC(C)(CC(C)CC)NCC. The van der Waals surface area contributed by atoms with E-state index in [0.29, 0.717) is 0 Å². The molecule has 0 aliphatic heterocycles. The molecule has 0 rings (SSSR count). The molecule has 1 unspecified atom stereocenters. The molecule has 0 aromatic rings. The molecule has 0 aliphatic carbocycles. The summed E-state index contributed by atoms with van der Waals surface area (Å²) in [6, 6.07) is 0. The summed E-state index contributed by atoms with van der Waals surface area (Å²) in [4.78, 5) is 0. The van der Waals surface area contributed by atoms with E-state index in [9.17, 15) is 0 Å². The maximum atomic E-state index is 3.51. The Morgan fingerprint density at radius 1 is 1.08 bits per heavy atom. The van der Waals surface area contributed by atoms with Crippen LogP contribution in [0.4, 0.5) is 0 Å². The molecule has 13 heavy (non-hydrogen) atoms. The molecule has 0 saturated heterocycles. The minimum Gasteiger partial charge on any atom is -0.300 e. The average Bonchev–Trinajstić information content (AvgIpc) is 2.04. The van der Waals surface area contributed by atoms with Crippen molar-refractivity contribution in [2.75, 3.05) is 13.1 Å². The van der Waals surface area contributed by atoms with E-state index in [1.165, 1.54) is 12.8 Å². The van der Waals surface area contributed by atoms with Gasteiger partial charge in [-0.3, -0.25) is 10.6 Å². The zero-order chi connectivity index (χ0) is 10.3. The Hall–Kier alpha value is -0.0800. The van der Waals surface area contributed by atoms with Gasteiger partial charge in [-0.25, -0.2) is 0 Å². The van der Waals surface area contributed by atoms with Gasteiger partial charge in [0.2, 0.25) is 0 Å². The van der Waals surface area contributed by atoms with Crippen molar-refractivity contribution in [1.82, 2.24) is 10.6 Å². The highest BCUT2D eigenvalue weighted by atomic mass is 15.2. The zero-order valence-corrected chi connectivity index (χ0v) is 9.91. The van der Waals surface area contributed by atoms with Crippen LogP contribution in [0.15, 0.2) is 0 Å². The summed E-state index contributed by atoms with van der Waals surface area (Å²) in [5, 5.41) is 7.03. The van der Waals surface area contributed by atoms with Gasteiger partial charge in [0, 0.05) is 0 Å². The minimum atomic E-state index is 0.124. The molecule has 2 heteroatoms.